The molecule has 0 amide bonds. The molecule has 0 N–H and O–H groups in total. The average molecular weight is 242 g/mol. The van der Waals surface area contributed by atoms with Gasteiger partial charge in [0.25, 0.3) is 0 Å². The zero-order valence-electron chi connectivity index (χ0n) is 11.2. The van der Waals surface area contributed by atoms with E-state index < -0.39 is 0 Å². The first kappa shape index (κ1) is 12.6. The third-order valence-corrected chi connectivity index (χ3v) is 6.17. The molecule has 94 valence electrons. The van der Waals surface area contributed by atoms with E-state index in [0.717, 1.165) is 11.8 Å². The highest BCUT2D eigenvalue weighted by atomic mass is 28.2. The van der Waals surface area contributed by atoms with Crippen LogP contribution in [0.2, 0.25) is 6.04 Å². The Hall–Kier alpha value is 0.137. The molecule has 2 aliphatic rings. The van der Waals surface area contributed by atoms with Gasteiger partial charge in [-0.3, -0.25) is 0 Å². The normalized spacial score (nSPS) is 36.4. The third-order valence-electron chi connectivity index (χ3n) is 3.96. The largest absolute Gasteiger partial charge is 0.419 e. The van der Waals surface area contributed by atoms with Gasteiger partial charge >= 0.3 is 0 Å². The van der Waals surface area contributed by atoms with Crippen LogP contribution in [0, 0.1) is 11.8 Å². The molecule has 1 saturated carbocycles. The number of ether oxygens (including phenoxy) is 1. The van der Waals surface area contributed by atoms with Crippen LogP contribution in [0.15, 0.2) is 0 Å². The van der Waals surface area contributed by atoms with E-state index in [1.54, 1.807) is 0 Å². The summed E-state index contributed by atoms with van der Waals surface area (Å²) < 4.78 is 11.5. The Morgan fingerprint density at radius 3 is 2.69 bits per heavy atom. The summed E-state index contributed by atoms with van der Waals surface area (Å²) >= 11 is 0. The van der Waals surface area contributed by atoms with Crippen LogP contribution in [0.5, 0.6) is 0 Å². The summed E-state index contributed by atoms with van der Waals surface area (Å²) in [5.74, 6) is 1.75. The lowest BCUT2D eigenvalue weighted by atomic mass is 9.82. The summed E-state index contributed by atoms with van der Waals surface area (Å²) in [5.41, 5.74) is 0.0726. The van der Waals surface area contributed by atoms with Crippen molar-refractivity contribution in [3.05, 3.63) is 0 Å². The molecule has 0 bridgehead atoms. The fourth-order valence-electron chi connectivity index (χ4n) is 2.74. The van der Waals surface area contributed by atoms with E-state index in [-0.39, 0.29) is 15.4 Å². The summed E-state index contributed by atoms with van der Waals surface area (Å²) in [7, 11) is -0.329. The summed E-state index contributed by atoms with van der Waals surface area (Å²) in [6.07, 6.45) is 5.28. The SMILES string of the molecule is CC(C[SiH2]OC(C)(C)C)C1CCC2OC2C1. The molecule has 0 spiro atoms. The minimum atomic E-state index is -0.329. The van der Waals surface area contributed by atoms with Gasteiger partial charge in [0.15, 0.2) is 9.76 Å². The predicted molar refractivity (Wildman–Crippen MR) is 69.4 cm³/mol. The van der Waals surface area contributed by atoms with Gasteiger partial charge in [0, 0.05) is 5.60 Å². The first-order valence-corrected chi connectivity index (χ1v) is 8.33. The average Bonchev–Trinajstić information content (AvgIpc) is 2.92. The minimum absolute atomic E-state index is 0.0726. The van der Waals surface area contributed by atoms with E-state index in [9.17, 15) is 0 Å². The summed E-state index contributed by atoms with van der Waals surface area (Å²) in [4.78, 5) is 0. The topological polar surface area (TPSA) is 21.8 Å². The van der Waals surface area contributed by atoms with Crippen LogP contribution in [-0.4, -0.2) is 27.6 Å². The van der Waals surface area contributed by atoms with Crippen LogP contribution in [-0.2, 0) is 9.16 Å². The Morgan fingerprint density at radius 1 is 1.31 bits per heavy atom. The molecular weight excluding hydrogens is 216 g/mol. The van der Waals surface area contributed by atoms with Gasteiger partial charge in [-0.25, -0.2) is 0 Å². The lowest BCUT2D eigenvalue weighted by molar-refractivity contribution is 0.135. The van der Waals surface area contributed by atoms with E-state index in [1.807, 2.05) is 0 Å². The standard InChI is InChI=1S/C13H26O2Si/c1-9(8-16-15-13(2,3)4)10-5-6-11-12(7-10)14-11/h9-12H,5-8,16H2,1-4H3. The number of hydrogen-bond donors (Lipinski definition) is 0. The van der Waals surface area contributed by atoms with Crippen molar-refractivity contribution in [3.63, 3.8) is 0 Å². The maximum Gasteiger partial charge on any atom is 0.162 e. The molecular formula is C13H26O2Si. The highest BCUT2D eigenvalue weighted by molar-refractivity contribution is 6.27. The second-order valence-corrected chi connectivity index (χ2v) is 7.79. The van der Waals surface area contributed by atoms with Gasteiger partial charge in [-0.1, -0.05) is 6.92 Å². The Bertz CT molecular complexity index is 237. The summed E-state index contributed by atoms with van der Waals surface area (Å²) in [6.45, 7) is 8.89. The van der Waals surface area contributed by atoms with Crippen molar-refractivity contribution in [2.45, 2.75) is 70.8 Å². The molecule has 0 aromatic heterocycles. The van der Waals surface area contributed by atoms with Gasteiger partial charge in [0.1, 0.15) is 0 Å². The van der Waals surface area contributed by atoms with Crippen molar-refractivity contribution in [2.24, 2.45) is 11.8 Å². The van der Waals surface area contributed by atoms with Gasteiger partial charge in [-0.05, 0) is 57.9 Å². The van der Waals surface area contributed by atoms with Crippen molar-refractivity contribution in [1.82, 2.24) is 0 Å². The molecule has 2 fully saturated rings. The van der Waals surface area contributed by atoms with Crippen LogP contribution in [0.4, 0.5) is 0 Å². The molecule has 1 heterocycles. The minimum Gasteiger partial charge on any atom is -0.419 e. The predicted octanol–water partition coefficient (Wildman–Crippen LogP) is 2.51. The van der Waals surface area contributed by atoms with E-state index in [0.29, 0.717) is 12.2 Å². The molecule has 1 aliphatic heterocycles. The van der Waals surface area contributed by atoms with Crippen molar-refractivity contribution >= 4 is 9.76 Å². The van der Waals surface area contributed by atoms with E-state index in [1.165, 1.54) is 25.3 Å². The van der Waals surface area contributed by atoms with E-state index >= 15 is 0 Å². The quantitative estimate of drug-likeness (QED) is 0.558. The Labute approximate surface area is 102 Å². The summed E-state index contributed by atoms with van der Waals surface area (Å²) in [6, 6.07) is 1.33. The highest BCUT2D eigenvalue weighted by Crippen LogP contribution is 2.42. The first-order valence-electron chi connectivity index (χ1n) is 6.75. The van der Waals surface area contributed by atoms with E-state index in [2.05, 4.69) is 27.7 Å². The van der Waals surface area contributed by atoms with Gasteiger partial charge in [0.2, 0.25) is 0 Å². The molecule has 0 radical (unpaired) electrons. The van der Waals surface area contributed by atoms with Gasteiger partial charge in [-0.15, -0.1) is 0 Å². The fourth-order valence-corrected chi connectivity index (χ4v) is 4.31. The Balaban J connectivity index is 1.65. The van der Waals surface area contributed by atoms with Crippen LogP contribution in [0.25, 0.3) is 0 Å². The van der Waals surface area contributed by atoms with Crippen LogP contribution in [0.1, 0.15) is 47.0 Å². The number of rotatable bonds is 4. The van der Waals surface area contributed by atoms with Crippen molar-refractivity contribution < 1.29 is 9.16 Å². The molecule has 1 aliphatic carbocycles. The summed E-state index contributed by atoms with van der Waals surface area (Å²) in [5, 5.41) is 0. The van der Waals surface area contributed by atoms with Crippen LogP contribution < -0.4 is 0 Å². The molecule has 2 nitrogen and oxygen atoms in total. The molecule has 2 rings (SSSR count). The lowest BCUT2D eigenvalue weighted by Gasteiger charge is -2.27. The number of hydrogen-bond acceptors (Lipinski definition) is 2. The maximum atomic E-state index is 5.94. The third kappa shape index (κ3) is 3.57. The Morgan fingerprint density at radius 2 is 2.06 bits per heavy atom. The molecule has 3 heteroatoms. The molecule has 1 saturated heterocycles. The maximum absolute atomic E-state index is 5.94. The van der Waals surface area contributed by atoms with Gasteiger partial charge in [0.05, 0.1) is 12.2 Å². The number of fused-ring (bicyclic) bond motifs is 1. The second-order valence-electron chi connectivity index (χ2n) is 6.51. The highest BCUT2D eigenvalue weighted by Gasteiger charge is 2.44. The molecule has 0 aromatic rings. The zero-order chi connectivity index (χ0) is 11.8. The van der Waals surface area contributed by atoms with E-state index in [4.69, 9.17) is 9.16 Å². The zero-order valence-corrected chi connectivity index (χ0v) is 12.6. The fraction of sp³-hybridized carbons (Fsp3) is 1.00. The van der Waals surface area contributed by atoms with Crippen molar-refractivity contribution in [2.75, 3.05) is 0 Å². The van der Waals surface area contributed by atoms with Crippen molar-refractivity contribution in [3.8, 4) is 0 Å². The van der Waals surface area contributed by atoms with Crippen LogP contribution >= 0.6 is 0 Å². The molecule has 4 atom stereocenters. The van der Waals surface area contributed by atoms with Crippen LogP contribution in [0.3, 0.4) is 0 Å². The molecule has 0 aromatic carbocycles. The Kier molecular flexibility index (Phi) is 3.77. The second kappa shape index (κ2) is 4.79. The molecule has 16 heavy (non-hydrogen) atoms. The lowest BCUT2D eigenvalue weighted by Crippen LogP contribution is -2.25. The van der Waals surface area contributed by atoms with Crippen molar-refractivity contribution in [1.29, 1.82) is 0 Å². The van der Waals surface area contributed by atoms with Gasteiger partial charge in [-0.2, -0.15) is 0 Å². The smallest absolute Gasteiger partial charge is 0.162 e. The first-order chi connectivity index (χ1) is 7.46. The monoisotopic (exact) mass is 242 g/mol. The molecule has 4 unspecified atom stereocenters. The van der Waals surface area contributed by atoms with Gasteiger partial charge < -0.3 is 9.16 Å². The number of epoxide rings is 1.